The molecule has 0 saturated carbocycles. The molecule has 4 unspecified atom stereocenters. The Balaban J connectivity index is 0.000000160. The minimum atomic E-state index is -1.07. The minimum Gasteiger partial charge on any atom is -0.497 e. The molecule has 33 heteroatoms. The Morgan fingerprint density at radius 3 is 0.965 bits per heavy atom. The number of aryl methyl sites for hydroxylation is 2. The molecule has 12 aromatic carbocycles. The summed E-state index contributed by atoms with van der Waals surface area (Å²) in [5, 5.41) is 56.9. The number of aliphatic hydroxyl groups is 4. The van der Waals surface area contributed by atoms with Crippen molar-refractivity contribution >= 4 is 136 Å². The van der Waals surface area contributed by atoms with Crippen LogP contribution in [0.5, 0.6) is 46.0 Å². The fraction of sp³-hybridized carbons (Fsp3) is 0.236. The summed E-state index contributed by atoms with van der Waals surface area (Å²) in [6, 6.07) is 49.6. The number of carbonyl (C=O) groups excluding carboxylic acids is 4. The van der Waals surface area contributed by atoms with Crippen LogP contribution in [0.4, 0.5) is 44.7 Å². The number of carbonyl (C=O) groups is 4. The molecular formula is C110H107Cl4F5N8O16. The first-order valence-electron chi connectivity index (χ1n) is 45.8. The number of H-pyrrole nitrogens is 4. The van der Waals surface area contributed by atoms with E-state index in [1.165, 1.54) is 49.7 Å². The first kappa shape index (κ1) is 106. The second kappa shape index (κ2) is 49.4. The molecule has 4 aromatic heterocycles. The molecule has 0 spiro atoms. The number of methoxy groups -OCH3 is 4. The van der Waals surface area contributed by atoms with E-state index >= 15 is 0 Å². The van der Waals surface area contributed by atoms with E-state index in [-0.39, 0.29) is 66.1 Å². The topological polar surface area (TPSA) is 334 Å². The number of aromatic amines is 4. The van der Waals surface area contributed by atoms with Crippen LogP contribution >= 0.6 is 46.4 Å². The lowest BCUT2D eigenvalue weighted by molar-refractivity contribution is 0.0962. The van der Waals surface area contributed by atoms with Gasteiger partial charge in [-0.3, -0.25) is 19.2 Å². The van der Waals surface area contributed by atoms with Gasteiger partial charge in [-0.1, -0.05) is 98.4 Å². The molecule has 12 N–H and O–H groups in total. The van der Waals surface area contributed by atoms with Gasteiger partial charge in [-0.05, 0) is 193 Å². The van der Waals surface area contributed by atoms with Gasteiger partial charge in [0.25, 0.3) is 0 Å². The van der Waals surface area contributed by atoms with E-state index in [1.54, 1.807) is 211 Å². The zero-order valence-corrected chi connectivity index (χ0v) is 82.8. The lowest BCUT2D eigenvalue weighted by Gasteiger charge is -2.22. The lowest BCUT2D eigenvalue weighted by atomic mass is 9.93. The van der Waals surface area contributed by atoms with E-state index in [0.717, 1.165) is 31.7 Å². The maximum atomic E-state index is 14.3. The van der Waals surface area contributed by atoms with Crippen LogP contribution in [0, 0.1) is 42.9 Å². The molecule has 0 saturated heterocycles. The van der Waals surface area contributed by atoms with Gasteiger partial charge >= 0.3 is 0 Å². The van der Waals surface area contributed by atoms with Crippen LogP contribution in [0.1, 0.15) is 175 Å². The molecule has 4 heterocycles. The van der Waals surface area contributed by atoms with E-state index in [4.69, 9.17) is 84.3 Å². The average Bonchev–Trinajstić information content (AvgIpc) is 1.67. The first-order valence-corrected chi connectivity index (χ1v) is 47.3. The quantitative estimate of drug-likeness (QED) is 0.0125. The summed E-state index contributed by atoms with van der Waals surface area (Å²) in [6.45, 7) is 12.3. The van der Waals surface area contributed by atoms with Gasteiger partial charge in [0.15, 0.2) is 34.8 Å². The Kier molecular flexibility index (Phi) is 36.7. The molecule has 4 atom stereocenters. The number of rotatable bonds is 40. The molecule has 746 valence electrons. The minimum absolute atomic E-state index is 0.104. The smallest absolute Gasteiger partial charge is 0.191 e. The number of nitrogens with one attached hydrogen (secondary N) is 8. The molecule has 0 aliphatic rings. The molecule has 16 rings (SSSR count). The Morgan fingerprint density at radius 2 is 0.622 bits per heavy atom. The summed E-state index contributed by atoms with van der Waals surface area (Å²) in [6.07, 6.45) is 9.41. The van der Waals surface area contributed by atoms with E-state index in [0.29, 0.717) is 220 Å². The van der Waals surface area contributed by atoms with Crippen molar-refractivity contribution in [3.05, 3.63) is 352 Å². The van der Waals surface area contributed by atoms with Gasteiger partial charge in [0.2, 0.25) is 0 Å². The van der Waals surface area contributed by atoms with Gasteiger partial charge in [0.1, 0.15) is 87.6 Å². The third kappa shape index (κ3) is 25.6. The van der Waals surface area contributed by atoms with Gasteiger partial charge in [-0.15, -0.1) is 0 Å². The number of Topliss-reactive ketones (excluding diaryl/α,β-unsaturated/α-hetero) is 4. The van der Waals surface area contributed by atoms with E-state index in [1.807, 2.05) is 27.7 Å². The van der Waals surface area contributed by atoms with Crippen LogP contribution < -0.4 is 59.2 Å². The molecule has 16 aromatic rings. The molecule has 0 fully saturated rings. The highest BCUT2D eigenvalue weighted by molar-refractivity contribution is 6.32. The third-order valence-electron chi connectivity index (χ3n) is 23.4. The van der Waals surface area contributed by atoms with E-state index in [2.05, 4.69) is 41.2 Å². The standard InChI is InChI=1S/2C28H28ClFN2O4.C27H25ClF2N2O4.C27H26ClFN2O4/c1-4-9-36-21-12-19(11-20(13-21)35-3)32-27(22-6-5-18(29)10-17(22)15-33)28(34)24-14-31-26-16(2)25(30)8-7-23(24)26;1-4-7-36-22-12-20(11-21(13-22)35-3)32-27(23-6-5-18(29)9-17(23)15-33)28(34)25-14-31-26-16(2)8-19(30)10-24(25)26;1-3-8-36-19-11-17(10-18(12-19)35-2)32-26(20-5-4-16(28)9-15(20)14-33)27(34)22-13-31-25-21(22)6-7-23(29)24(25)30;1-3-8-35-21-12-19(11-20(13-21)34-2)31-26(22-6-4-17(28)9-16(22)15-32)27(33)24-14-30-25-10-18(29)5-7-23(24)25/h5-8,10-14,27,31-33H,4,9,15H2,1-3H3;5-6,8-14,27,31-33H,4,7,15H2,1-3H3;4-7,9-13,26,31-33H,3,8,14H2,1-2H3;4-7,9-14,26,30-32H,3,8,15H2,1-2H3. The van der Waals surface area contributed by atoms with Crippen LogP contribution in [-0.4, -0.2) is 118 Å². The molecule has 0 aliphatic heterocycles. The predicted molar refractivity (Wildman–Crippen MR) is 550 cm³/mol. The summed E-state index contributed by atoms with van der Waals surface area (Å²) in [4.78, 5) is 67.7. The number of anilines is 4. The Hall–Kier alpha value is -14.3. The van der Waals surface area contributed by atoms with Gasteiger partial charge < -0.3 is 99.5 Å². The maximum Gasteiger partial charge on any atom is 0.191 e. The number of hydrogen-bond donors (Lipinski definition) is 12. The highest BCUT2D eigenvalue weighted by atomic mass is 35.5. The number of benzene rings is 12. The van der Waals surface area contributed by atoms with Gasteiger partial charge in [0.05, 0.1) is 92.3 Å². The van der Waals surface area contributed by atoms with Crippen LogP contribution in [0.2, 0.25) is 20.1 Å². The van der Waals surface area contributed by atoms with Crippen molar-refractivity contribution in [2.45, 2.75) is 118 Å². The maximum absolute atomic E-state index is 14.3. The van der Waals surface area contributed by atoms with E-state index in [9.17, 15) is 61.6 Å². The summed E-state index contributed by atoms with van der Waals surface area (Å²) >= 11 is 24.6. The summed E-state index contributed by atoms with van der Waals surface area (Å²) < 4.78 is 115. The number of aromatic nitrogens is 4. The van der Waals surface area contributed by atoms with E-state index < -0.39 is 53.2 Å². The zero-order valence-electron chi connectivity index (χ0n) is 79.7. The number of hydrogen-bond acceptors (Lipinski definition) is 20. The van der Waals surface area contributed by atoms with Crippen LogP contribution in [0.3, 0.4) is 0 Å². The molecule has 0 aliphatic carbocycles. The van der Waals surface area contributed by atoms with Crippen LogP contribution in [0.25, 0.3) is 43.6 Å². The van der Waals surface area contributed by atoms with Gasteiger partial charge in [0, 0.05) is 201 Å². The number of fused-ring (bicyclic) bond motifs is 4. The Bertz CT molecular complexity index is 7040. The first-order chi connectivity index (χ1) is 69.0. The summed E-state index contributed by atoms with van der Waals surface area (Å²) in [5.74, 6) is 0.0161. The summed E-state index contributed by atoms with van der Waals surface area (Å²) in [7, 11) is 6.19. The normalized spacial score (nSPS) is 11.9. The Labute approximate surface area is 842 Å². The highest BCUT2D eigenvalue weighted by Crippen LogP contribution is 2.42. The third-order valence-corrected chi connectivity index (χ3v) is 24.4. The fourth-order valence-corrected chi connectivity index (χ4v) is 17.2. The monoisotopic (exact) mass is 2030 g/mol. The largest absolute Gasteiger partial charge is 0.497 e. The molecule has 143 heavy (non-hydrogen) atoms. The highest BCUT2D eigenvalue weighted by Gasteiger charge is 2.34. The number of ketones is 4. The van der Waals surface area contributed by atoms with Crippen LogP contribution in [-0.2, 0) is 26.4 Å². The molecule has 0 amide bonds. The van der Waals surface area contributed by atoms with Gasteiger partial charge in [-0.25, -0.2) is 22.0 Å². The van der Waals surface area contributed by atoms with Crippen molar-refractivity contribution in [3.63, 3.8) is 0 Å². The number of ether oxygens (including phenoxy) is 8. The van der Waals surface area contributed by atoms with Crippen molar-refractivity contribution in [2.24, 2.45) is 0 Å². The number of halogens is 9. The second-order valence-electron chi connectivity index (χ2n) is 33.3. The van der Waals surface area contributed by atoms with Crippen molar-refractivity contribution in [1.82, 2.24) is 19.9 Å². The lowest BCUT2D eigenvalue weighted by Crippen LogP contribution is -2.23. The van der Waals surface area contributed by atoms with Crippen LogP contribution in [0.15, 0.2) is 225 Å². The average molecular weight is 2030 g/mol. The second-order valence-corrected chi connectivity index (χ2v) is 35.0. The molecule has 0 bridgehead atoms. The zero-order chi connectivity index (χ0) is 102. The number of aliphatic hydroxyl groups excluding tert-OH is 4. The predicted octanol–water partition coefficient (Wildman–Crippen LogP) is 25.9. The molecule has 0 radical (unpaired) electrons. The van der Waals surface area contributed by atoms with Gasteiger partial charge in [-0.2, -0.15) is 0 Å². The Morgan fingerprint density at radius 1 is 0.322 bits per heavy atom. The SMILES string of the molecule is CCCOc1cc(NC(C(=O)c2c[nH]c3c(C)c(F)ccc23)c2ccc(Cl)cc2CO)cc(OC)c1.CCCOc1cc(NC(C(=O)c2c[nH]c3c(C)cc(F)cc23)c2ccc(Cl)cc2CO)cc(OC)c1.CCCOc1cc(NC(C(=O)c2c[nH]c3c(F)c(F)ccc23)c2ccc(Cl)cc2CO)cc(OC)c1.CCCOc1cc(NC(C(=O)c2c[nH]c3cc(F)ccc23)c2ccc(Cl)cc2CO)cc(OC)c1. The molecular weight excluding hydrogens is 1930 g/mol. The van der Waals surface area contributed by atoms with Crippen molar-refractivity contribution < 1.29 is 99.5 Å². The molecule has 24 nitrogen and oxygen atoms in total. The van der Waals surface area contributed by atoms with Crippen molar-refractivity contribution in [2.75, 3.05) is 76.1 Å². The van der Waals surface area contributed by atoms with Crippen molar-refractivity contribution in [1.29, 1.82) is 0 Å². The fourth-order valence-electron chi connectivity index (χ4n) is 16.4. The van der Waals surface area contributed by atoms with Crippen molar-refractivity contribution in [3.8, 4) is 46.0 Å². The summed E-state index contributed by atoms with van der Waals surface area (Å²) in [5.41, 5.74) is 10.5.